The molecule has 0 aliphatic carbocycles. The molecule has 0 aromatic carbocycles. The lowest BCUT2D eigenvalue weighted by molar-refractivity contribution is 0.178. The largest absolute Gasteiger partial charge is 0.377 e. The average Bonchev–Trinajstić information content (AvgIpc) is 2.39. The Morgan fingerprint density at radius 3 is 3.06 bits per heavy atom. The molecule has 1 aliphatic heterocycles. The maximum Gasteiger partial charge on any atom is 0.158 e. The molecule has 6 heteroatoms. The number of rotatable bonds is 4. The van der Waals surface area contributed by atoms with E-state index in [-0.39, 0.29) is 0 Å². The number of nitrogens with zero attached hydrogens (tertiary/aromatic N) is 3. The van der Waals surface area contributed by atoms with Gasteiger partial charge in [0, 0.05) is 44.3 Å². The predicted molar refractivity (Wildman–Crippen MR) is 76.4 cm³/mol. The standard InChI is InChI=1S/C12H20N4OS/c1-9-8-18-5-4-16(9)12-6-10(13-2)14-11(15-12)7-17-3/h6,9H,4-5,7-8H2,1-3H3,(H,13,14,15). The molecule has 1 atom stereocenters. The predicted octanol–water partition coefficient (Wildman–Crippen LogP) is 1.61. The van der Waals surface area contributed by atoms with Crippen molar-refractivity contribution in [2.24, 2.45) is 0 Å². The summed E-state index contributed by atoms with van der Waals surface area (Å²) in [5.41, 5.74) is 0. The molecule has 1 N–H and O–H groups in total. The molecule has 1 unspecified atom stereocenters. The minimum Gasteiger partial charge on any atom is -0.377 e. The van der Waals surface area contributed by atoms with Crippen LogP contribution >= 0.6 is 11.8 Å². The second-order valence-corrected chi connectivity index (χ2v) is 5.48. The molecule has 0 saturated carbocycles. The van der Waals surface area contributed by atoms with Gasteiger partial charge in [-0.3, -0.25) is 0 Å². The highest BCUT2D eigenvalue weighted by molar-refractivity contribution is 7.99. The van der Waals surface area contributed by atoms with Crippen molar-refractivity contribution < 1.29 is 4.74 Å². The molecule has 1 saturated heterocycles. The summed E-state index contributed by atoms with van der Waals surface area (Å²) in [6.45, 7) is 3.72. The van der Waals surface area contributed by atoms with Crippen molar-refractivity contribution >= 4 is 23.4 Å². The molecule has 0 radical (unpaired) electrons. The van der Waals surface area contributed by atoms with Crippen LogP contribution in [-0.4, -0.2) is 48.2 Å². The third-order valence-electron chi connectivity index (χ3n) is 2.95. The van der Waals surface area contributed by atoms with Gasteiger partial charge in [-0.2, -0.15) is 11.8 Å². The normalized spacial score (nSPS) is 19.9. The SMILES string of the molecule is CNc1cc(N2CCSCC2C)nc(COC)n1. The summed E-state index contributed by atoms with van der Waals surface area (Å²) in [4.78, 5) is 11.3. The first-order valence-corrected chi connectivity index (χ1v) is 7.29. The molecular formula is C12H20N4OS. The summed E-state index contributed by atoms with van der Waals surface area (Å²) in [7, 11) is 3.54. The van der Waals surface area contributed by atoms with Crippen LogP contribution in [0.1, 0.15) is 12.7 Å². The van der Waals surface area contributed by atoms with Crippen LogP contribution < -0.4 is 10.2 Å². The topological polar surface area (TPSA) is 50.3 Å². The summed E-state index contributed by atoms with van der Waals surface area (Å²) in [6.07, 6.45) is 0. The van der Waals surface area contributed by atoms with E-state index in [0.29, 0.717) is 12.6 Å². The smallest absolute Gasteiger partial charge is 0.158 e. The first-order valence-electron chi connectivity index (χ1n) is 6.13. The van der Waals surface area contributed by atoms with Crippen molar-refractivity contribution in [3.05, 3.63) is 11.9 Å². The minimum absolute atomic E-state index is 0.444. The lowest BCUT2D eigenvalue weighted by Gasteiger charge is -2.34. The number of methoxy groups -OCH3 is 1. The Morgan fingerprint density at radius 2 is 2.39 bits per heavy atom. The van der Waals surface area contributed by atoms with E-state index in [1.54, 1.807) is 7.11 Å². The average molecular weight is 268 g/mol. The van der Waals surface area contributed by atoms with E-state index in [1.807, 2.05) is 24.9 Å². The van der Waals surface area contributed by atoms with Gasteiger partial charge in [0.05, 0.1) is 0 Å². The van der Waals surface area contributed by atoms with Crippen molar-refractivity contribution in [3.8, 4) is 0 Å². The zero-order valence-electron chi connectivity index (χ0n) is 11.1. The van der Waals surface area contributed by atoms with Gasteiger partial charge in [-0.15, -0.1) is 0 Å². The number of ether oxygens (including phenoxy) is 1. The van der Waals surface area contributed by atoms with Crippen molar-refractivity contribution in [3.63, 3.8) is 0 Å². The number of thioether (sulfide) groups is 1. The maximum absolute atomic E-state index is 5.12. The van der Waals surface area contributed by atoms with Crippen molar-refractivity contribution in [2.75, 3.05) is 42.4 Å². The van der Waals surface area contributed by atoms with Crippen LogP contribution in [0, 0.1) is 0 Å². The van der Waals surface area contributed by atoms with Crippen molar-refractivity contribution in [1.29, 1.82) is 0 Å². The van der Waals surface area contributed by atoms with E-state index in [0.717, 1.165) is 35.5 Å². The Hall–Kier alpha value is -1.01. The fraction of sp³-hybridized carbons (Fsp3) is 0.667. The molecule has 100 valence electrons. The Labute approximate surface area is 112 Å². The Kier molecular flexibility index (Phi) is 4.66. The Balaban J connectivity index is 2.27. The van der Waals surface area contributed by atoms with Crippen molar-refractivity contribution in [1.82, 2.24) is 9.97 Å². The number of aromatic nitrogens is 2. The van der Waals surface area contributed by atoms with Gasteiger partial charge in [0.1, 0.15) is 18.2 Å². The summed E-state index contributed by atoms with van der Waals surface area (Å²) >= 11 is 2.00. The molecule has 1 aromatic rings. The Bertz CT molecular complexity index is 402. The first kappa shape index (κ1) is 13.4. The third kappa shape index (κ3) is 3.05. The third-order valence-corrected chi connectivity index (χ3v) is 4.14. The van der Waals surface area contributed by atoms with Gasteiger partial charge in [-0.05, 0) is 6.92 Å². The van der Waals surface area contributed by atoms with Gasteiger partial charge < -0.3 is 15.0 Å². The van der Waals surface area contributed by atoms with Crippen LogP contribution in [0.5, 0.6) is 0 Å². The van der Waals surface area contributed by atoms with Crippen LogP contribution in [0.2, 0.25) is 0 Å². The number of nitrogens with one attached hydrogen (secondary N) is 1. The second kappa shape index (κ2) is 6.24. The molecule has 0 amide bonds. The lowest BCUT2D eigenvalue weighted by atomic mass is 10.3. The fourth-order valence-electron chi connectivity index (χ4n) is 2.02. The van der Waals surface area contributed by atoms with Gasteiger partial charge in [0.2, 0.25) is 0 Å². The quantitative estimate of drug-likeness (QED) is 0.895. The second-order valence-electron chi connectivity index (χ2n) is 4.33. The summed E-state index contributed by atoms with van der Waals surface area (Å²) in [5, 5.41) is 3.08. The van der Waals surface area contributed by atoms with E-state index < -0.39 is 0 Å². The van der Waals surface area contributed by atoms with Gasteiger partial charge in [-0.25, -0.2) is 9.97 Å². The first-order chi connectivity index (χ1) is 8.74. The van der Waals surface area contributed by atoms with Gasteiger partial charge in [-0.1, -0.05) is 0 Å². The number of hydrogen-bond donors (Lipinski definition) is 1. The van der Waals surface area contributed by atoms with E-state index in [4.69, 9.17) is 4.74 Å². The molecule has 1 aromatic heterocycles. The van der Waals surface area contributed by atoms with Crippen molar-refractivity contribution in [2.45, 2.75) is 19.6 Å². The highest BCUT2D eigenvalue weighted by atomic mass is 32.2. The van der Waals surface area contributed by atoms with E-state index in [2.05, 4.69) is 27.1 Å². The molecule has 1 fully saturated rings. The molecule has 5 nitrogen and oxygen atoms in total. The van der Waals surface area contributed by atoms with Crippen LogP contribution in [0.25, 0.3) is 0 Å². The molecule has 2 heterocycles. The van der Waals surface area contributed by atoms with Gasteiger partial charge >= 0.3 is 0 Å². The van der Waals surface area contributed by atoms with Crippen LogP contribution in [0.15, 0.2) is 6.07 Å². The summed E-state index contributed by atoms with van der Waals surface area (Å²) < 4.78 is 5.12. The summed E-state index contributed by atoms with van der Waals surface area (Å²) in [6, 6.07) is 2.52. The fourth-order valence-corrected chi connectivity index (χ4v) is 3.03. The molecule has 1 aliphatic rings. The molecular weight excluding hydrogens is 248 g/mol. The molecule has 18 heavy (non-hydrogen) atoms. The van der Waals surface area contributed by atoms with Gasteiger partial charge in [0.25, 0.3) is 0 Å². The van der Waals surface area contributed by atoms with E-state index in [9.17, 15) is 0 Å². The van der Waals surface area contributed by atoms with Crippen LogP contribution in [0.3, 0.4) is 0 Å². The number of anilines is 2. The highest BCUT2D eigenvalue weighted by Gasteiger charge is 2.21. The zero-order chi connectivity index (χ0) is 13.0. The maximum atomic E-state index is 5.12. The van der Waals surface area contributed by atoms with Gasteiger partial charge in [0.15, 0.2) is 5.82 Å². The zero-order valence-corrected chi connectivity index (χ0v) is 12.0. The Morgan fingerprint density at radius 1 is 1.56 bits per heavy atom. The lowest BCUT2D eigenvalue weighted by Crippen LogP contribution is -2.41. The molecule has 0 bridgehead atoms. The summed E-state index contributed by atoms with van der Waals surface area (Å²) in [5.74, 6) is 4.87. The monoisotopic (exact) mass is 268 g/mol. The van der Waals surface area contributed by atoms with Crippen LogP contribution in [0.4, 0.5) is 11.6 Å². The van der Waals surface area contributed by atoms with Crippen LogP contribution in [-0.2, 0) is 11.3 Å². The van der Waals surface area contributed by atoms with E-state index in [1.165, 1.54) is 0 Å². The van der Waals surface area contributed by atoms with E-state index >= 15 is 0 Å². The minimum atomic E-state index is 0.444. The molecule has 2 rings (SSSR count). The highest BCUT2D eigenvalue weighted by Crippen LogP contribution is 2.24. The molecule has 0 spiro atoms. The number of hydrogen-bond acceptors (Lipinski definition) is 6.